The summed E-state index contributed by atoms with van der Waals surface area (Å²) in [4.78, 5) is 16.8. The Morgan fingerprint density at radius 2 is 2.00 bits per heavy atom. The Morgan fingerprint density at radius 1 is 1.26 bits per heavy atom. The van der Waals surface area contributed by atoms with Gasteiger partial charge in [0.2, 0.25) is 0 Å². The maximum atomic E-state index is 14.9. The molecule has 1 amide bonds. The molecular formula is C28H40FN3O3. The largest absolute Gasteiger partial charge is 0.494 e. The predicted molar refractivity (Wildman–Crippen MR) is 139 cm³/mol. The summed E-state index contributed by atoms with van der Waals surface area (Å²) < 4.78 is 20.6. The van der Waals surface area contributed by atoms with Gasteiger partial charge < -0.3 is 25.0 Å². The Bertz CT molecular complexity index is 959. The smallest absolute Gasteiger partial charge is 0.251 e. The molecule has 0 radical (unpaired) electrons. The number of likely N-dealkylation sites (N-methyl/N-ethyl adjacent to an activating group) is 1. The Labute approximate surface area is 209 Å². The number of carbonyl (C=O) groups excluding carboxylic acids is 1. The van der Waals surface area contributed by atoms with Gasteiger partial charge in [0.25, 0.3) is 5.91 Å². The first kappa shape index (κ1) is 27.0. The van der Waals surface area contributed by atoms with Gasteiger partial charge in [-0.25, -0.2) is 4.39 Å². The van der Waals surface area contributed by atoms with Crippen LogP contribution in [0.15, 0.2) is 42.5 Å². The van der Waals surface area contributed by atoms with Gasteiger partial charge in [-0.05, 0) is 82.1 Å². The molecule has 2 N–H and O–H groups in total. The zero-order valence-corrected chi connectivity index (χ0v) is 21.5. The molecule has 1 unspecified atom stereocenters. The van der Waals surface area contributed by atoms with Crippen molar-refractivity contribution < 1.29 is 19.0 Å². The molecular weight excluding hydrogens is 445 g/mol. The van der Waals surface area contributed by atoms with E-state index in [0.29, 0.717) is 30.3 Å². The van der Waals surface area contributed by atoms with E-state index in [1.165, 1.54) is 6.07 Å². The lowest BCUT2D eigenvalue weighted by atomic mass is 10.0. The molecule has 0 bridgehead atoms. The van der Waals surface area contributed by atoms with Crippen molar-refractivity contribution >= 4 is 11.6 Å². The van der Waals surface area contributed by atoms with E-state index in [1.807, 2.05) is 19.9 Å². The second-order valence-electron chi connectivity index (χ2n) is 10.1. The lowest BCUT2D eigenvalue weighted by Gasteiger charge is -2.28. The second-order valence-corrected chi connectivity index (χ2v) is 10.1. The van der Waals surface area contributed by atoms with Gasteiger partial charge >= 0.3 is 0 Å². The Kier molecular flexibility index (Phi) is 9.52. The quantitative estimate of drug-likeness (QED) is 0.430. The van der Waals surface area contributed by atoms with E-state index < -0.39 is 5.60 Å². The van der Waals surface area contributed by atoms with E-state index in [0.717, 1.165) is 50.2 Å². The van der Waals surface area contributed by atoms with Crippen LogP contribution in [0.25, 0.3) is 0 Å². The third-order valence-electron chi connectivity index (χ3n) is 6.55. The van der Waals surface area contributed by atoms with Crippen LogP contribution in [-0.2, 0) is 6.54 Å². The van der Waals surface area contributed by atoms with Crippen LogP contribution in [0.2, 0.25) is 0 Å². The highest BCUT2D eigenvalue weighted by atomic mass is 19.1. The number of hydrogen-bond donors (Lipinski definition) is 2. The summed E-state index contributed by atoms with van der Waals surface area (Å²) in [6.07, 6.45) is 3.73. The highest BCUT2D eigenvalue weighted by molar-refractivity contribution is 5.94. The minimum atomic E-state index is -0.685. The second kappa shape index (κ2) is 12.4. The Morgan fingerprint density at radius 3 is 2.66 bits per heavy atom. The Balaban J connectivity index is 1.50. The molecule has 35 heavy (non-hydrogen) atoms. The Hall–Kier alpha value is -2.64. The van der Waals surface area contributed by atoms with Crippen LogP contribution in [0.4, 0.5) is 10.1 Å². The van der Waals surface area contributed by atoms with Gasteiger partial charge in [0.15, 0.2) is 0 Å². The van der Waals surface area contributed by atoms with Crippen molar-refractivity contribution in [3.05, 3.63) is 59.4 Å². The van der Waals surface area contributed by atoms with Crippen LogP contribution in [0.1, 0.15) is 62.4 Å². The third-order valence-corrected chi connectivity index (χ3v) is 6.55. The average Bonchev–Trinajstić information content (AvgIpc) is 3.31. The standard InChI is InChI=1S/C28H40FN3O3/c1-5-6-17-35-24-10-8-22(9-11-24)27(33)30-19-21-7-12-26(25(29)18-21)32-15-13-23(20-32)31(4)16-14-28(2,3)34/h7-12,18,23,34H,5-6,13-17,19-20H2,1-4H3,(H,30,33). The summed E-state index contributed by atoms with van der Waals surface area (Å²) in [5.74, 6) is 0.274. The summed E-state index contributed by atoms with van der Waals surface area (Å²) in [6.45, 7) is 9.03. The predicted octanol–water partition coefficient (Wildman–Crippen LogP) is 4.61. The maximum Gasteiger partial charge on any atom is 0.251 e. The summed E-state index contributed by atoms with van der Waals surface area (Å²) >= 11 is 0. The fourth-order valence-electron chi connectivity index (χ4n) is 4.19. The number of aliphatic hydroxyl groups is 1. The first-order valence-corrected chi connectivity index (χ1v) is 12.6. The molecule has 1 fully saturated rings. The van der Waals surface area contributed by atoms with E-state index in [-0.39, 0.29) is 18.3 Å². The molecule has 0 saturated carbocycles. The van der Waals surface area contributed by atoms with Crippen molar-refractivity contribution in [3.63, 3.8) is 0 Å². The molecule has 0 aliphatic carbocycles. The van der Waals surface area contributed by atoms with Gasteiger partial charge in [-0.1, -0.05) is 19.4 Å². The van der Waals surface area contributed by atoms with Crippen LogP contribution >= 0.6 is 0 Å². The monoisotopic (exact) mass is 485 g/mol. The van der Waals surface area contributed by atoms with Crippen LogP contribution in [0, 0.1) is 5.82 Å². The molecule has 0 spiro atoms. The minimum absolute atomic E-state index is 0.203. The third kappa shape index (κ3) is 8.22. The number of nitrogens with zero attached hydrogens (tertiary/aromatic N) is 2. The summed E-state index contributed by atoms with van der Waals surface area (Å²) in [7, 11) is 2.06. The number of anilines is 1. The van der Waals surface area contributed by atoms with Crippen molar-refractivity contribution in [3.8, 4) is 5.75 Å². The minimum Gasteiger partial charge on any atom is -0.494 e. The molecule has 2 aromatic rings. The van der Waals surface area contributed by atoms with Gasteiger partial charge in [0.05, 0.1) is 17.9 Å². The molecule has 3 rings (SSSR count). The SMILES string of the molecule is CCCCOc1ccc(C(=O)NCc2ccc(N3CCC(N(C)CCC(C)(C)O)C3)c(F)c2)cc1. The van der Waals surface area contributed by atoms with E-state index in [4.69, 9.17) is 4.74 Å². The number of carbonyl (C=O) groups is 1. The summed E-state index contributed by atoms with van der Waals surface area (Å²) in [5, 5.41) is 12.8. The van der Waals surface area contributed by atoms with Crippen LogP contribution < -0.4 is 15.0 Å². The number of ether oxygens (including phenoxy) is 1. The molecule has 0 aromatic heterocycles. The number of nitrogens with one attached hydrogen (secondary N) is 1. The summed E-state index contributed by atoms with van der Waals surface area (Å²) in [6, 6.07) is 12.6. The number of rotatable bonds is 12. The molecule has 1 aliphatic rings. The molecule has 1 atom stereocenters. The molecule has 1 aliphatic heterocycles. The fourth-order valence-corrected chi connectivity index (χ4v) is 4.19. The first-order chi connectivity index (χ1) is 16.7. The van der Waals surface area contributed by atoms with Gasteiger partial charge in [0, 0.05) is 37.8 Å². The van der Waals surface area contributed by atoms with E-state index in [9.17, 15) is 14.3 Å². The molecule has 7 heteroatoms. The van der Waals surface area contributed by atoms with Gasteiger partial charge in [-0.15, -0.1) is 0 Å². The van der Waals surface area contributed by atoms with Crippen molar-refractivity contribution in [1.82, 2.24) is 10.2 Å². The average molecular weight is 486 g/mol. The summed E-state index contributed by atoms with van der Waals surface area (Å²) in [5.41, 5.74) is 1.17. The van der Waals surface area contributed by atoms with E-state index in [1.54, 1.807) is 30.3 Å². The van der Waals surface area contributed by atoms with Gasteiger partial charge in [-0.3, -0.25) is 4.79 Å². The van der Waals surface area contributed by atoms with Crippen LogP contribution in [-0.4, -0.2) is 60.8 Å². The lowest BCUT2D eigenvalue weighted by molar-refractivity contribution is 0.0567. The maximum absolute atomic E-state index is 14.9. The van der Waals surface area contributed by atoms with Crippen LogP contribution in [0.3, 0.4) is 0 Å². The zero-order valence-electron chi connectivity index (χ0n) is 21.5. The van der Waals surface area contributed by atoms with E-state index in [2.05, 4.69) is 29.1 Å². The van der Waals surface area contributed by atoms with Gasteiger partial charge in [-0.2, -0.15) is 0 Å². The topological polar surface area (TPSA) is 65.0 Å². The van der Waals surface area contributed by atoms with Gasteiger partial charge in [0.1, 0.15) is 11.6 Å². The highest BCUT2D eigenvalue weighted by Gasteiger charge is 2.28. The lowest BCUT2D eigenvalue weighted by Crippen LogP contribution is -2.37. The zero-order chi connectivity index (χ0) is 25.4. The van der Waals surface area contributed by atoms with Crippen molar-refractivity contribution in [1.29, 1.82) is 0 Å². The molecule has 2 aromatic carbocycles. The fraction of sp³-hybridized carbons (Fsp3) is 0.536. The van der Waals surface area contributed by atoms with Crippen molar-refractivity contribution in [2.75, 3.05) is 38.2 Å². The van der Waals surface area contributed by atoms with Crippen molar-refractivity contribution in [2.24, 2.45) is 0 Å². The number of unbranched alkanes of at least 4 members (excludes halogenated alkanes) is 1. The number of halogens is 1. The normalized spacial score (nSPS) is 16.1. The molecule has 192 valence electrons. The number of benzene rings is 2. The van der Waals surface area contributed by atoms with Crippen LogP contribution in [0.5, 0.6) is 5.75 Å². The number of amides is 1. The molecule has 6 nitrogen and oxygen atoms in total. The van der Waals surface area contributed by atoms with Crippen molar-refractivity contribution in [2.45, 2.75) is 64.6 Å². The molecule has 1 heterocycles. The van der Waals surface area contributed by atoms with E-state index >= 15 is 0 Å². The molecule has 1 saturated heterocycles. The first-order valence-electron chi connectivity index (χ1n) is 12.6. The number of hydrogen-bond acceptors (Lipinski definition) is 5. The highest BCUT2D eigenvalue weighted by Crippen LogP contribution is 2.26.